The highest BCUT2D eigenvalue weighted by atomic mass is 16.5. The molecule has 2 aromatic heterocycles. The van der Waals surface area contributed by atoms with Crippen molar-refractivity contribution in [2.45, 2.75) is 6.54 Å². The Morgan fingerprint density at radius 1 is 0.909 bits per heavy atom. The first-order valence-electron chi connectivity index (χ1n) is 11.0. The summed E-state index contributed by atoms with van der Waals surface area (Å²) in [5.74, 6) is 2.39. The summed E-state index contributed by atoms with van der Waals surface area (Å²) in [4.78, 5) is 7.05. The van der Waals surface area contributed by atoms with Crippen molar-refractivity contribution >= 4 is 21.7 Å². The molecule has 3 aromatic carbocycles. The van der Waals surface area contributed by atoms with Crippen LogP contribution in [0.3, 0.4) is 0 Å². The Bertz CT molecular complexity index is 1430. The number of methoxy groups -OCH3 is 1. The Balaban J connectivity index is 1.34. The Morgan fingerprint density at radius 3 is 2.64 bits per heavy atom. The van der Waals surface area contributed by atoms with Crippen molar-refractivity contribution in [3.05, 3.63) is 60.4 Å². The average Bonchev–Trinajstić information content (AvgIpc) is 3.50. The third-order valence-electron chi connectivity index (χ3n) is 6.15. The summed E-state index contributed by atoms with van der Waals surface area (Å²) >= 11 is 0. The molecule has 0 unspecified atom stereocenters. The van der Waals surface area contributed by atoms with E-state index in [0.717, 1.165) is 82.9 Å². The van der Waals surface area contributed by atoms with E-state index in [1.54, 1.807) is 7.11 Å². The van der Waals surface area contributed by atoms with Crippen LogP contribution in [0.15, 0.2) is 54.6 Å². The minimum Gasteiger partial charge on any atom is -0.497 e. The highest BCUT2D eigenvalue weighted by Gasteiger charge is 2.15. The van der Waals surface area contributed by atoms with Crippen LogP contribution in [0.4, 0.5) is 0 Å². The lowest BCUT2D eigenvalue weighted by Crippen LogP contribution is -2.35. The molecule has 1 aliphatic rings. The van der Waals surface area contributed by atoms with Crippen LogP contribution in [-0.4, -0.2) is 63.7 Å². The van der Waals surface area contributed by atoms with E-state index < -0.39 is 0 Å². The predicted molar refractivity (Wildman–Crippen MR) is 127 cm³/mol. The standard InChI is InChI=1S/C25H24N6O2/c1-32-20-6-4-16-2-3-17(12-19(16)13-20)24-21-14-18(5-7-22(21)27-29-24)25-26-23(28-30-25)15-31-8-10-33-11-9-31/h2-7,12-14H,8-11,15H2,1H3,(H,27,29)(H,26,28,30). The van der Waals surface area contributed by atoms with E-state index in [4.69, 9.17) is 14.5 Å². The molecule has 3 heterocycles. The van der Waals surface area contributed by atoms with E-state index in [0.29, 0.717) is 5.82 Å². The summed E-state index contributed by atoms with van der Waals surface area (Å²) in [6, 6.07) is 18.6. The molecule has 166 valence electrons. The number of nitrogens with one attached hydrogen (secondary N) is 2. The van der Waals surface area contributed by atoms with Crippen molar-refractivity contribution < 1.29 is 9.47 Å². The summed E-state index contributed by atoms with van der Waals surface area (Å²) in [5, 5.41) is 18.6. The van der Waals surface area contributed by atoms with E-state index in [-0.39, 0.29) is 0 Å². The molecule has 6 rings (SSSR count). The number of benzene rings is 3. The third kappa shape index (κ3) is 3.83. The largest absolute Gasteiger partial charge is 0.497 e. The lowest BCUT2D eigenvalue weighted by molar-refractivity contribution is 0.0331. The smallest absolute Gasteiger partial charge is 0.181 e. The van der Waals surface area contributed by atoms with E-state index >= 15 is 0 Å². The number of morpholine rings is 1. The van der Waals surface area contributed by atoms with Crippen LogP contribution >= 0.6 is 0 Å². The van der Waals surface area contributed by atoms with Crippen molar-refractivity contribution in [1.82, 2.24) is 30.3 Å². The lowest BCUT2D eigenvalue weighted by Gasteiger charge is -2.25. The quantitative estimate of drug-likeness (QED) is 0.429. The van der Waals surface area contributed by atoms with Gasteiger partial charge in [-0.1, -0.05) is 18.2 Å². The third-order valence-corrected chi connectivity index (χ3v) is 6.15. The Hall–Kier alpha value is -3.75. The molecule has 0 radical (unpaired) electrons. The summed E-state index contributed by atoms with van der Waals surface area (Å²) in [7, 11) is 1.68. The first-order chi connectivity index (χ1) is 16.3. The van der Waals surface area contributed by atoms with E-state index in [1.807, 2.05) is 24.3 Å². The molecule has 5 aromatic rings. The maximum absolute atomic E-state index is 5.43. The van der Waals surface area contributed by atoms with Crippen LogP contribution in [0.25, 0.3) is 44.3 Å². The topological polar surface area (TPSA) is 92.0 Å². The van der Waals surface area contributed by atoms with Gasteiger partial charge < -0.3 is 9.47 Å². The Morgan fingerprint density at radius 2 is 1.76 bits per heavy atom. The second-order valence-corrected chi connectivity index (χ2v) is 8.25. The van der Waals surface area contributed by atoms with E-state index in [2.05, 4.69) is 55.6 Å². The normalized spacial score (nSPS) is 14.8. The fourth-order valence-electron chi connectivity index (χ4n) is 4.34. The first-order valence-corrected chi connectivity index (χ1v) is 11.0. The fourth-order valence-corrected chi connectivity index (χ4v) is 4.34. The van der Waals surface area contributed by atoms with Crippen molar-refractivity contribution in [2.75, 3.05) is 33.4 Å². The zero-order valence-corrected chi connectivity index (χ0v) is 18.3. The van der Waals surface area contributed by atoms with Crippen molar-refractivity contribution in [1.29, 1.82) is 0 Å². The molecule has 0 saturated carbocycles. The molecule has 8 nitrogen and oxygen atoms in total. The number of hydrogen-bond acceptors (Lipinski definition) is 6. The van der Waals surface area contributed by atoms with E-state index in [1.165, 1.54) is 0 Å². The second kappa shape index (κ2) is 8.31. The van der Waals surface area contributed by atoms with Gasteiger partial charge in [-0.2, -0.15) is 10.2 Å². The van der Waals surface area contributed by atoms with Gasteiger partial charge >= 0.3 is 0 Å². The van der Waals surface area contributed by atoms with Crippen molar-refractivity contribution in [3.8, 4) is 28.4 Å². The second-order valence-electron chi connectivity index (χ2n) is 8.25. The monoisotopic (exact) mass is 440 g/mol. The molecule has 0 atom stereocenters. The number of aromatic nitrogens is 5. The number of nitrogens with zero attached hydrogens (tertiary/aromatic N) is 4. The molecule has 1 fully saturated rings. The minimum atomic E-state index is 0.690. The predicted octanol–water partition coefficient (Wildman–Crippen LogP) is 4.01. The molecule has 0 bridgehead atoms. The van der Waals surface area contributed by atoms with Gasteiger partial charge in [0.25, 0.3) is 0 Å². The molecule has 0 amide bonds. The maximum Gasteiger partial charge on any atom is 0.181 e. The van der Waals surface area contributed by atoms with E-state index in [9.17, 15) is 0 Å². The molecule has 0 aliphatic carbocycles. The molecular formula is C25H24N6O2. The highest BCUT2D eigenvalue weighted by molar-refractivity contribution is 5.97. The molecule has 33 heavy (non-hydrogen) atoms. The summed E-state index contributed by atoms with van der Waals surface area (Å²) < 4.78 is 10.8. The molecule has 1 aliphatic heterocycles. The van der Waals surface area contributed by atoms with Gasteiger partial charge in [0.05, 0.1) is 38.1 Å². The van der Waals surface area contributed by atoms with Crippen LogP contribution in [-0.2, 0) is 11.3 Å². The highest BCUT2D eigenvalue weighted by Crippen LogP contribution is 2.32. The van der Waals surface area contributed by atoms with Gasteiger partial charge in [0.15, 0.2) is 5.82 Å². The summed E-state index contributed by atoms with van der Waals surface area (Å²) in [6.45, 7) is 4.11. The Labute approximate surface area is 190 Å². The zero-order valence-electron chi connectivity index (χ0n) is 18.3. The maximum atomic E-state index is 5.43. The van der Waals surface area contributed by atoms with Crippen LogP contribution < -0.4 is 4.74 Å². The van der Waals surface area contributed by atoms with Crippen LogP contribution in [0.1, 0.15) is 5.82 Å². The zero-order chi connectivity index (χ0) is 22.2. The molecule has 2 N–H and O–H groups in total. The number of H-pyrrole nitrogens is 2. The summed E-state index contributed by atoms with van der Waals surface area (Å²) in [5.41, 5.74) is 3.88. The van der Waals surface area contributed by atoms with Gasteiger partial charge in [0.1, 0.15) is 11.6 Å². The van der Waals surface area contributed by atoms with Gasteiger partial charge in [0, 0.05) is 29.6 Å². The molecule has 1 saturated heterocycles. The SMILES string of the molecule is COc1ccc2ccc(-c3n[nH]c4ccc(-c5n[nH]c(CN6CCOCC6)n5)cc34)cc2c1. The van der Waals surface area contributed by atoms with Gasteiger partial charge in [-0.25, -0.2) is 4.98 Å². The number of ether oxygens (including phenoxy) is 2. The van der Waals surface area contributed by atoms with Gasteiger partial charge in [-0.3, -0.25) is 15.1 Å². The first kappa shape index (κ1) is 19.9. The fraction of sp³-hybridized carbons (Fsp3) is 0.240. The average molecular weight is 441 g/mol. The molecular weight excluding hydrogens is 416 g/mol. The van der Waals surface area contributed by atoms with Crippen LogP contribution in [0, 0.1) is 0 Å². The van der Waals surface area contributed by atoms with Gasteiger partial charge in [-0.05, 0) is 47.2 Å². The van der Waals surface area contributed by atoms with Gasteiger partial charge in [0.2, 0.25) is 0 Å². The lowest BCUT2D eigenvalue weighted by atomic mass is 10.0. The van der Waals surface area contributed by atoms with Crippen LogP contribution in [0.5, 0.6) is 5.75 Å². The number of aromatic amines is 2. The number of rotatable bonds is 5. The minimum absolute atomic E-state index is 0.690. The Kier molecular flexibility index (Phi) is 5.01. The molecule has 8 heteroatoms. The summed E-state index contributed by atoms with van der Waals surface area (Å²) in [6.07, 6.45) is 0. The van der Waals surface area contributed by atoms with Crippen molar-refractivity contribution in [2.24, 2.45) is 0 Å². The molecule has 0 spiro atoms. The van der Waals surface area contributed by atoms with Crippen molar-refractivity contribution in [3.63, 3.8) is 0 Å². The number of hydrogen-bond donors (Lipinski definition) is 2. The number of fused-ring (bicyclic) bond motifs is 2. The van der Waals surface area contributed by atoms with Gasteiger partial charge in [-0.15, -0.1) is 0 Å². The van der Waals surface area contributed by atoms with Crippen LogP contribution in [0.2, 0.25) is 0 Å².